The molecule has 0 unspecified atom stereocenters. The lowest BCUT2D eigenvalue weighted by Crippen LogP contribution is -2.25. The molecule has 0 aliphatic carbocycles. The van der Waals surface area contributed by atoms with Crippen LogP contribution < -0.4 is 4.74 Å². The first-order valence-corrected chi connectivity index (χ1v) is 7.93. The van der Waals surface area contributed by atoms with E-state index in [1.54, 1.807) is 0 Å². The SMILES string of the molecule is Fc1ccccc1-c1cc(F)c(C(F)(F)Oc2cc(F)c(F)c(Cl)c2)c(F)c1. The van der Waals surface area contributed by atoms with Crippen molar-refractivity contribution in [2.75, 3.05) is 0 Å². The molecule has 3 aromatic carbocycles. The van der Waals surface area contributed by atoms with E-state index in [1.165, 1.54) is 18.2 Å². The number of alkyl halides is 2. The lowest BCUT2D eigenvalue weighted by Gasteiger charge is -2.20. The predicted octanol–water partition coefficient (Wildman–Crippen LogP) is 6.83. The molecule has 28 heavy (non-hydrogen) atoms. The Morgan fingerprint density at radius 2 is 1.36 bits per heavy atom. The fourth-order valence-corrected chi connectivity index (χ4v) is 2.69. The summed E-state index contributed by atoms with van der Waals surface area (Å²) in [6.45, 7) is 0. The molecule has 0 spiro atoms. The first kappa shape index (κ1) is 20.0. The topological polar surface area (TPSA) is 9.23 Å². The van der Waals surface area contributed by atoms with Crippen LogP contribution in [0.5, 0.6) is 5.75 Å². The number of benzene rings is 3. The molecule has 0 saturated heterocycles. The summed E-state index contributed by atoms with van der Waals surface area (Å²) in [6.07, 6.45) is -4.60. The maximum Gasteiger partial charge on any atom is 0.432 e. The molecule has 146 valence electrons. The Morgan fingerprint density at radius 1 is 0.750 bits per heavy atom. The molecular formula is C19H8ClF7O. The molecule has 0 saturated carbocycles. The highest BCUT2D eigenvalue weighted by Gasteiger charge is 2.41. The van der Waals surface area contributed by atoms with Gasteiger partial charge in [-0.25, -0.2) is 22.0 Å². The zero-order valence-electron chi connectivity index (χ0n) is 13.6. The van der Waals surface area contributed by atoms with Crippen molar-refractivity contribution in [1.82, 2.24) is 0 Å². The van der Waals surface area contributed by atoms with Crippen molar-refractivity contribution in [3.63, 3.8) is 0 Å². The van der Waals surface area contributed by atoms with Crippen LogP contribution in [0.1, 0.15) is 5.56 Å². The minimum Gasteiger partial charge on any atom is -0.429 e. The maximum absolute atomic E-state index is 14.3. The highest BCUT2D eigenvalue weighted by atomic mass is 35.5. The lowest BCUT2D eigenvalue weighted by molar-refractivity contribution is -0.189. The summed E-state index contributed by atoms with van der Waals surface area (Å²) >= 11 is 5.34. The maximum atomic E-state index is 14.3. The highest BCUT2D eigenvalue weighted by molar-refractivity contribution is 6.30. The third-order valence-electron chi connectivity index (χ3n) is 3.72. The average molecular weight is 421 g/mol. The number of rotatable bonds is 4. The number of ether oxygens (including phenoxy) is 1. The second-order valence-corrected chi connectivity index (χ2v) is 6.02. The van der Waals surface area contributed by atoms with Gasteiger partial charge in [0.1, 0.15) is 28.8 Å². The Morgan fingerprint density at radius 3 is 1.93 bits per heavy atom. The quantitative estimate of drug-likeness (QED) is 0.332. The number of hydrogen-bond donors (Lipinski definition) is 0. The molecule has 0 heterocycles. The van der Waals surface area contributed by atoms with Crippen molar-refractivity contribution in [1.29, 1.82) is 0 Å². The first-order valence-electron chi connectivity index (χ1n) is 7.56. The molecule has 0 N–H and O–H groups in total. The molecule has 9 heteroatoms. The summed E-state index contributed by atoms with van der Waals surface area (Å²) in [5.74, 6) is -8.30. The summed E-state index contributed by atoms with van der Waals surface area (Å²) in [7, 11) is 0. The van der Waals surface area contributed by atoms with Crippen molar-refractivity contribution >= 4 is 11.6 Å². The van der Waals surface area contributed by atoms with Crippen LogP contribution in [0.3, 0.4) is 0 Å². The van der Waals surface area contributed by atoms with Gasteiger partial charge in [-0.3, -0.25) is 0 Å². The largest absolute Gasteiger partial charge is 0.432 e. The monoisotopic (exact) mass is 420 g/mol. The van der Waals surface area contributed by atoms with Crippen LogP contribution >= 0.6 is 11.6 Å². The van der Waals surface area contributed by atoms with Crippen molar-refractivity contribution in [2.45, 2.75) is 6.11 Å². The van der Waals surface area contributed by atoms with Gasteiger partial charge in [0, 0.05) is 17.7 Å². The Balaban J connectivity index is 2.02. The summed E-state index contributed by atoms with van der Waals surface area (Å²) in [5.41, 5.74) is -2.31. The molecule has 3 rings (SSSR count). The van der Waals surface area contributed by atoms with Crippen LogP contribution in [0.25, 0.3) is 11.1 Å². The van der Waals surface area contributed by atoms with Crippen LogP contribution in [0.15, 0.2) is 48.5 Å². The molecule has 0 aromatic heterocycles. The summed E-state index contributed by atoms with van der Waals surface area (Å²) in [6, 6.07) is 6.76. The van der Waals surface area contributed by atoms with Gasteiger partial charge in [-0.15, -0.1) is 0 Å². The molecule has 0 atom stereocenters. The van der Waals surface area contributed by atoms with Gasteiger partial charge in [-0.1, -0.05) is 29.8 Å². The Labute approximate surface area is 158 Å². The lowest BCUT2D eigenvalue weighted by atomic mass is 10.0. The predicted molar refractivity (Wildman–Crippen MR) is 87.6 cm³/mol. The zero-order chi connectivity index (χ0) is 20.6. The van der Waals surface area contributed by atoms with Crippen LogP contribution in [0.2, 0.25) is 5.02 Å². The van der Waals surface area contributed by atoms with E-state index in [-0.39, 0.29) is 17.2 Å². The summed E-state index contributed by atoms with van der Waals surface area (Å²) < 4.78 is 101. The Bertz CT molecular complexity index is 1010. The molecule has 3 aromatic rings. The van der Waals surface area contributed by atoms with Crippen molar-refractivity contribution in [3.8, 4) is 16.9 Å². The van der Waals surface area contributed by atoms with E-state index in [4.69, 9.17) is 11.6 Å². The molecule has 0 fully saturated rings. The van der Waals surface area contributed by atoms with Gasteiger partial charge in [-0.05, 0) is 23.8 Å². The Hall–Kier alpha value is -2.74. The fraction of sp³-hybridized carbons (Fsp3) is 0.0526. The van der Waals surface area contributed by atoms with Crippen molar-refractivity contribution < 1.29 is 35.5 Å². The highest BCUT2D eigenvalue weighted by Crippen LogP contribution is 2.38. The van der Waals surface area contributed by atoms with Crippen LogP contribution in [0, 0.1) is 29.1 Å². The van der Waals surface area contributed by atoms with E-state index in [1.807, 2.05) is 0 Å². The second kappa shape index (κ2) is 7.35. The normalized spacial score (nSPS) is 11.6. The number of hydrogen-bond acceptors (Lipinski definition) is 1. The van der Waals surface area contributed by atoms with E-state index in [9.17, 15) is 30.7 Å². The molecule has 0 bridgehead atoms. The van der Waals surface area contributed by atoms with Crippen molar-refractivity contribution in [3.05, 3.63) is 88.2 Å². The molecule has 0 radical (unpaired) electrons. The average Bonchev–Trinajstić information content (AvgIpc) is 2.58. The zero-order valence-corrected chi connectivity index (χ0v) is 14.3. The van der Waals surface area contributed by atoms with Gasteiger partial charge in [0.05, 0.1) is 5.02 Å². The van der Waals surface area contributed by atoms with Gasteiger partial charge in [0.2, 0.25) is 0 Å². The van der Waals surface area contributed by atoms with Gasteiger partial charge in [-0.2, -0.15) is 8.78 Å². The molecule has 0 amide bonds. The van der Waals surface area contributed by atoms with E-state index in [2.05, 4.69) is 4.74 Å². The van der Waals surface area contributed by atoms with Crippen LogP contribution in [0.4, 0.5) is 30.7 Å². The van der Waals surface area contributed by atoms with E-state index < -0.39 is 51.5 Å². The van der Waals surface area contributed by atoms with Crippen LogP contribution in [-0.2, 0) is 6.11 Å². The van der Waals surface area contributed by atoms with E-state index in [0.717, 1.165) is 6.07 Å². The van der Waals surface area contributed by atoms with Gasteiger partial charge >= 0.3 is 6.11 Å². The minimum absolute atomic E-state index is 0.205. The summed E-state index contributed by atoms with van der Waals surface area (Å²) in [4.78, 5) is 0. The van der Waals surface area contributed by atoms with Crippen molar-refractivity contribution in [2.24, 2.45) is 0 Å². The molecule has 1 nitrogen and oxygen atoms in total. The van der Waals surface area contributed by atoms with E-state index in [0.29, 0.717) is 18.2 Å². The molecule has 0 aliphatic rings. The summed E-state index contributed by atoms with van der Waals surface area (Å²) in [5, 5.41) is -0.860. The Kier molecular flexibility index (Phi) is 5.25. The van der Waals surface area contributed by atoms with E-state index >= 15 is 0 Å². The first-order chi connectivity index (χ1) is 13.1. The third kappa shape index (κ3) is 3.77. The number of halogens is 8. The van der Waals surface area contributed by atoms with Crippen LogP contribution in [-0.4, -0.2) is 0 Å². The molecular weight excluding hydrogens is 413 g/mol. The fourth-order valence-electron chi connectivity index (χ4n) is 2.49. The minimum atomic E-state index is -4.60. The second-order valence-electron chi connectivity index (χ2n) is 5.61. The molecule has 0 aliphatic heterocycles. The van der Waals surface area contributed by atoms with Gasteiger partial charge in [0.25, 0.3) is 0 Å². The third-order valence-corrected chi connectivity index (χ3v) is 4.00. The van der Waals surface area contributed by atoms with Gasteiger partial charge < -0.3 is 4.74 Å². The van der Waals surface area contributed by atoms with Gasteiger partial charge in [0.15, 0.2) is 11.6 Å². The smallest absolute Gasteiger partial charge is 0.429 e. The standard InChI is InChI=1S/C19H8ClF7O/c20-12-7-10(8-16(24)18(12)25)28-19(26,27)17-14(22)5-9(6-15(17)23)11-3-1-2-4-13(11)21/h1-8H.